The van der Waals surface area contributed by atoms with Crippen LogP contribution in [0, 0.1) is 10.1 Å². The quantitative estimate of drug-likeness (QED) is 0.449. The molecular formula is C12H15NO5S. The summed E-state index contributed by atoms with van der Waals surface area (Å²) in [5, 5.41) is 19.6. The lowest BCUT2D eigenvalue weighted by Gasteiger charge is -2.07. The van der Waals surface area contributed by atoms with Crippen LogP contribution in [0.25, 0.3) is 0 Å². The number of carboxylic acids is 1. The fourth-order valence-electron chi connectivity index (χ4n) is 1.40. The Kier molecular flexibility index (Phi) is 6.14. The van der Waals surface area contributed by atoms with Crippen LogP contribution in [0.3, 0.4) is 0 Å². The molecule has 0 fully saturated rings. The third-order valence-corrected chi connectivity index (χ3v) is 3.28. The molecule has 0 unspecified atom stereocenters. The molecule has 104 valence electrons. The number of thioether (sulfide) groups is 1. The zero-order chi connectivity index (χ0) is 14.3. The number of nitrogens with zero attached hydrogens (tertiary/aromatic N) is 1. The minimum atomic E-state index is -1.20. The van der Waals surface area contributed by atoms with Crippen molar-refractivity contribution < 1.29 is 19.6 Å². The number of hydrogen-bond donors (Lipinski definition) is 1. The van der Waals surface area contributed by atoms with Gasteiger partial charge in [0.05, 0.1) is 17.1 Å². The first-order chi connectivity index (χ1) is 9.06. The van der Waals surface area contributed by atoms with Crippen molar-refractivity contribution >= 4 is 23.4 Å². The van der Waals surface area contributed by atoms with Gasteiger partial charge in [-0.25, -0.2) is 4.79 Å². The summed E-state index contributed by atoms with van der Waals surface area (Å²) in [5.74, 6) is 0.857. The number of nitro groups is 1. The number of ether oxygens (including phenoxy) is 1. The first kappa shape index (κ1) is 15.3. The van der Waals surface area contributed by atoms with Crippen molar-refractivity contribution in [2.45, 2.75) is 13.3 Å². The molecule has 0 saturated carbocycles. The first-order valence-corrected chi connectivity index (χ1v) is 6.94. The van der Waals surface area contributed by atoms with Crippen LogP contribution in [0.15, 0.2) is 18.2 Å². The highest BCUT2D eigenvalue weighted by atomic mass is 32.2. The maximum atomic E-state index is 10.9. The summed E-state index contributed by atoms with van der Waals surface area (Å²) in [6, 6.07) is 3.64. The number of benzene rings is 1. The molecule has 0 amide bonds. The Morgan fingerprint density at radius 1 is 1.53 bits per heavy atom. The van der Waals surface area contributed by atoms with E-state index < -0.39 is 10.9 Å². The van der Waals surface area contributed by atoms with Crippen LogP contribution in [0.5, 0.6) is 5.75 Å². The van der Waals surface area contributed by atoms with Crippen LogP contribution in [0.1, 0.15) is 23.7 Å². The Labute approximate surface area is 114 Å². The number of carbonyl (C=O) groups is 1. The van der Waals surface area contributed by atoms with Gasteiger partial charge < -0.3 is 9.84 Å². The Balaban J connectivity index is 2.71. The molecule has 0 spiro atoms. The maximum Gasteiger partial charge on any atom is 0.335 e. The van der Waals surface area contributed by atoms with Crippen LogP contribution in [0.4, 0.5) is 5.69 Å². The van der Waals surface area contributed by atoms with Gasteiger partial charge in [0.2, 0.25) is 0 Å². The Morgan fingerprint density at radius 3 is 2.84 bits per heavy atom. The second-order valence-electron chi connectivity index (χ2n) is 3.64. The number of rotatable bonds is 8. The average molecular weight is 285 g/mol. The van der Waals surface area contributed by atoms with E-state index >= 15 is 0 Å². The van der Waals surface area contributed by atoms with Gasteiger partial charge in [-0.05, 0) is 30.1 Å². The highest BCUT2D eigenvalue weighted by Crippen LogP contribution is 2.28. The second kappa shape index (κ2) is 7.63. The van der Waals surface area contributed by atoms with Crippen molar-refractivity contribution in [3.8, 4) is 5.75 Å². The van der Waals surface area contributed by atoms with Crippen molar-refractivity contribution in [1.82, 2.24) is 0 Å². The Hall–Kier alpha value is -1.76. The van der Waals surface area contributed by atoms with Gasteiger partial charge in [0.1, 0.15) is 0 Å². The summed E-state index contributed by atoms with van der Waals surface area (Å²) in [7, 11) is 0. The van der Waals surface area contributed by atoms with E-state index in [4.69, 9.17) is 9.84 Å². The van der Waals surface area contributed by atoms with E-state index in [1.807, 2.05) is 0 Å². The lowest BCUT2D eigenvalue weighted by molar-refractivity contribution is -0.385. The molecule has 0 heterocycles. The molecular weight excluding hydrogens is 270 g/mol. The average Bonchev–Trinajstić information content (AvgIpc) is 2.38. The lowest BCUT2D eigenvalue weighted by Crippen LogP contribution is -2.04. The fourth-order valence-corrected chi connectivity index (χ4v) is 2.01. The van der Waals surface area contributed by atoms with Crippen molar-refractivity contribution in [3.05, 3.63) is 33.9 Å². The summed E-state index contributed by atoms with van der Waals surface area (Å²) in [4.78, 5) is 21.0. The Bertz CT molecular complexity index is 463. The number of aromatic carboxylic acids is 1. The van der Waals surface area contributed by atoms with Gasteiger partial charge in [0.15, 0.2) is 5.75 Å². The minimum absolute atomic E-state index is 0.108. The normalized spacial score (nSPS) is 10.2. The summed E-state index contributed by atoms with van der Waals surface area (Å²) >= 11 is 1.77. The van der Waals surface area contributed by atoms with E-state index in [9.17, 15) is 14.9 Å². The predicted octanol–water partition coefficient (Wildman–Crippen LogP) is 2.82. The van der Waals surface area contributed by atoms with E-state index in [-0.39, 0.29) is 17.0 Å². The van der Waals surface area contributed by atoms with Crippen molar-refractivity contribution in [2.75, 3.05) is 18.1 Å². The van der Waals surface area contributed by atoms with Crippen LogP contribution < -0.4 is 4.74 Å². The van der Waals surface area contributed by atoms with Gasteiger partial charge in [0, 0.05) is 6.07 Å². The molecule has 0 aromatic heterocycles. The van der Waals surface area contributed by atoms with Crippen LogP contribution in [-0.4, -0.2) is 34.1 Å². The molecule has 0 atom stereocenters. The molecule has 0 aliphatic carbocycles. The molecule has 19 heavy (non-hydrogen) atoms. The zero-order valence-electron chi connectivity index (χ0n) is 10.5. The SMILES string of the molecule is CCSCCCOc1ccc(C(=O)O)cc1[N+](=O)[O-]. The molecule has 0 bridgehead atoms. The van der Waals surface area contributed by atoms with E-state index in [2.05, 4.69) is 6.92 Å². The third kappa shape index (κ3) is 4.78. The van der Waals surface area contributed by atoms with E-state index in [1.54, 1.807) is 11.8 Å². The number of hydrogen-bond acceptors (Lipinski definition) is 5. The fraction of sp³-hybridized carbons (Fsp3) is 0.417. The van der Waals surface area contributed by atoms with Crippen LogP contribution >= 0.6 is 11.8 Å². The van der Waals surface area contributed by atoms with Crippen molar-refractivity contribution in [2.24, 2.45) is 0 Å². The van der Waals surface area contributed by atoms with Gasteiger partial charge in [-0.2, -0.15) is 11.8 Å². The van der Waals surface area contributed by atoms with Gasteiger partial charge >= 0.3 is 11.7 Å². The summed E-state index contributed by atoms with van der Waals surface area (Å²) in [6.07, 6.45) is 0.788. The standard InChI is InChI=1S/C12H15NO5S/c1-2-19-7-3-6-18-11-5-4-9(12(14)15)8-10(11)13(16)17/h4-5,8H,2-3,6-7H2,1H3,(H,14,15). The van der Waals surface area contributed by atoms with E-state index in [0.29, 0.717) is 6.61 Å². The zero-order valence-corrected chi connectivity index (χ0v) is 11.3. The van der Waals surface area contributed by atoms with Gasteiger partial charge in [0.25, 0.3) is 0 Å². The molecule has 1 rings (SSSR count). The third-order valence-electron chi connectivity index (χ3n) is 2.30. The summed E-state index contributed by atoms with van der Waals surface area (Å²) in [6.45, 7) is 2.43. The molecule has 1 N–H and O–H groups in total. The predicted molar refractivity (Wildman–Crippen MR) is 73.2 cm³/mol. The Morgan fingerprint density at radius 2 is 2.26 bits per heavy atom. The highest BCUT2D eigenvalue weighted by molar-refractivity contribution is 7.99. The van der Waals surface area contributed by atoms with Gasteiger partial charge in [-0.15, -0.1) is 0 Å². The number of nitro benzene ring substituents is 1. The van der Waals surface area contributed by atoms with Gasteiger partial charge in [-0.3, -0.25) is 10.1 Å². The maximum absolute atomic E-state index is 10.9. The van der Waals surface area contributed by atoms with Crippen molar-refractivity contribution in [1.29, 1.82) is 0 Å². The van der Waals surface area contributed by atoms with Crippen molar-refractivity contribution in [3.63, 3.8) is 0 Å². The van der Waals surface area contributed by atoms with Gasteiger partial charge in [-0.1, -0.05) is 6.92 Å². The summed E-state index contributed by atoms with van der Waals surface area (Å²) in [5.41, 5.74) is -0.441. The lowest BCUT2D eigenvalue weighted by atomic mass is 10.2. The molecule has 0 aliphatic rings. The largest absolute Gasteiger partial charge is 0.487 e. The van der Waals surface area contributed by atoms with Crippen LogP contribution in [0.2, 0.25) is 0 Å². The van der Waals surface area contributed by atoms with E-state index in [1.165, 1.54) is 12.1 Å². The highest BCUT2D eigenvalue weighted by Gasteiger charge is 2.18. The molecule has 6 nitrogen and oxygen atoms in total. The second-order valence-corrected chi connectivity index (χ2v) is 5.04. The molecule has 0 radical (unpaired) electrons. The molecule has 0 saturated heterocycles. The topological polar surface area (TPSA) is 89.7 Å². The first-order valence-electron chi connectivity index (χ1n) is 5.78. The minimum Gasteiger partial charge on any atom is -0.487 e. The molecule has 1 aromatic carbocycles. The number of carboxylic acid groups (broad SMARTS) is 1. The molecule has 7 heteroatoms. The molecule has 1 aromatic rings. The summed E-state index contributed by atoms with van der Waals surface area (Å²) < 4.78 is 5.33. The smallest absolute Gasteiger partial charge is 0.335 e. The van der Waals surface area contributed by atoms with E-state index in [0.717, 1.165) is 24.0 Å². The van der Waals surface area contributed by atoms with Crippen LogP contribution in [-0.2, 0) is 0 Å². The molecule has 0 aliphatic heterocycles. The monoisotopic (exact) mass is 285 g/mol.